The number of hydrogen-bond acceptors (Lipinski definition) is 5. The summed E-state index contributed by atoms with van der Waals surface area (Å²) in [5.41, 5.74) is 0.127. The monoisotopic (exact) mass is 475 g/mol. The van der Waals surface area contributed by atoms with Crippen molar-refractivity contribution >= 4 is 28.3 Å². The summed E-state index contributed by atoms with van der Waals surface area (Å²) in [6.07, 6.45) is 2.21. The third kappa shape index (κ3) is 4.99. The molecule has 1 aliphatic carbocycles. The first-order chi connectivity index (χ1) is 14.7. The van der Waals surface area contributed by atoms with Gasteiger partial charge in [-0.05, 0) is 55.5 Å². The van der Waals surface area contributed by atoms with Crippen molar-refractivity contribution in [1.29, 1.82) is 0 Å². The number of hydrogen-bond donors (Lipinski definition) is 0. The van der Waals surface area contributed by atoms with Gasteiger partial charge in [-0.2, -0.15) is 0 Å². The topological polar surface area (TPSA) is 65.1 Å². The maximum Gasteiger partial charge on any atom is 0.249 e. The first-order valence-electron chi connectivity index (χ1n) is 11.2. The predicted molar refractivity (Wildman–Crippen MR) is 130 cm³/mol. The molecule has 0 unspecified atom stereocenters. The smallest absolute Gasteiger partial charge is 0.249 e. The average molecular weight is 476 g/mol. The van der Waals surface area contributed by atoms with Gasteiger partial charge in [-0.15, -0.1) is 0 Å². The third-order valence-electron chi connectivity index (χ3n) is 6.53. The van der Waals surface area contributed by atoms with Crippen LogP contribution in [0.3, 0.4) is 0 Å². The van der Waals surface area contributed by atoms with Crippen molar-refractivity contribution < 1.29 is 23.3 Å². The maximum absolute atomic E-state index is 13.1. The van der Waals surface area contributed by atoms with Gasteiger partial charge in [-0.3, -0.25) is 14.4 Å². The molecule has 0 saturated carbocycles. The van der Waals surface area contributed by atoms with E-state index in [0.717, 1.165) is 5.56 Å². The van der Waals surface area contributed by atoms with Crippen molar-refractivity contribution in [2.45, 2.75) is 89.3 Å². The summed E-state index contributed by atoms with van der Waals surface area (Å²) in [4.78, 5) is 31.8. The maximum atomic E-state index is 13.1. The number of rotatable bonds is 7. The molecule has 1 spiro atoms. The van der Waals surface area contributed by atoms with E-state index in [4.69, 9.17) is 13.7 Å². The third-order valence-corrected chi connectivity index (χ3v) is 12.0. The standard InChI is InChI=1S/C24H37NO5Si2/c1-23(2,3)32(7,8)29-21-19(26)14-15-24(22(21)30-31(4,5)6)16-20(27)25(24)28-17-18-12-10-9-11-13-18/h9-15,21-22H,16-17H2,1-8H3/t21-,22-,24+/m1/s1. The molecule has 1 aliphatic heterocycles. The second-order valence-corrected chi connectivity index (χ2v) is 20.5. The highest BCUT2D eigenvalue weighted by atomic mass is 28.4. The van der Waals surface area contributed by atoms with Gasteiger partial charge < -0.3 is 8.85 Å². The highest BCUT2D eigenvalue weighted by Crippen LogP contribution is 2.46. The summed E-state index contributed by atoms with van der Waals surface area (Å²) in [7, 11) is -4.37. The summed E-state index contributed by atoms with van der Waals surface area (Å²) < 4.78 is 13.2. The fourth-order valence-corrected chi connectivity index (χ4v) is 6.08. The number of benzene rings is 1. The first kappa shape index (κ1) is 25.0. The van der Waals surface area contributed by atoms with Crippen molar-refractivity contribution in [2.75, 3.05) is 0 Å². The Balaban J connectivity index is 1.94. The van der Waals surface area contributed by atoms with Crippen molar-refractivity contribution in [3.8, 4) is 0 Å². The lowest BCUT2D eigenvalue weighted by Crippen LogP contribution is -2.74. The van der Waals surface area contributed by atoms with Gasteiger partial charge in [0, 0.05) is 0 Å². The molecule has 3 atom stereocenters. The molecule has 1 aromatic carbocycles. The Bertz CT molecular complexity index is 888. The Morgan fingerprint density at radius 1 is 1.03 bits per heavy atom. The van der Waals surface area contributed by atoms with Crippen molar-refractivity contribution in [3.63, 3.8) is 0 Å². The van der Waals surface area contributed by atoms with E-state index in [1.54, 1.807) is 12.2 Å². The lowest BCUT2D eigenvalue weighted by atomic mass is 9.74. The van der Waals surface area contributed by atoms with E-state index >= 15 is 0 Å². The minimum atomic E-state index is -2.28. The number of hydroxylamine groups is 2. The SMILES string of the molecule is CC(C)(C)[Si](C)(C)O[C@@H]1C(=O)C=C[C@]2(CC(=O)N2OCc2ccccc2)[C@@H]1O[Si](C)(C)C. The van der Waals surface area contributed by atoms with E-state index in [9.17, 15) is 9.59 Å². The summed E-state index contributed by atoms with van der Waals surface area (Å²) in [5.74, 6) is -0.221. The van der Waals surface area contributed by atoms with Crippen LogP contribution < -0.4 is 0 Å². The minimum Gasteiger partial charge on any atom is -0.409 e. The quantitative estimate of drug-likeness (QED) is 0.417. The van der Waals surface area contributed by atoms with E-state index in [2.05, 4.69) is 53.5 Å². The molecule has 1 fully saturated rings. The largest absolute Gasteiger partial charge is 0.409 e. The summed E-state index contributed by atoms with van der Waals surface area (Å²) in [6, 6.07) is 9.72. The highest BCUT2D eigenvalue weighted by Gasteiger charge is 2.63. The lowest BCUT2D eigenvalue weighted by Gasteiger charge is -2.57. The van der Waals surface area contributed by atoms with Crippen LogP contribution in [0.25, 0.3) is 0 Å². The van der Waals surface area contributed by atoms with Crippen LogP contribution in [-0.2, 0) is 29.9 Å². The number of carbonyl (C=O) groups excluding carboxylic acids is 2. The Kier molecular flexibility index (Phi) is 6.77. The minimum absolute atomic E-state index is 0.0652. The molecule has 0 bridgehead atoms. The lowest BCUT2D eigenvalue weighted by molar-refractivity contribution is -0.272. The van der Waals surface area contributed by atoms with Gasteiger partial charge in [0.2, 0.25) is 5.91 Å². The van der Waals surface area contributed by atoms with Gasteiger partial charge in [0.05, 0.1) is 6.42 Å². The molecule has 6 nitrogen and oxygen atoms in total. The molecular formula is C24H37NO5Si2. The zero-order valence-electron chi connectivity index (χ0n) is 20.6. The number of nitrogens with zero attached hydrogens (tertiary/aromatic N) is 1. The Labute approximate surface area is 194 Å². The van der Waals surface area contributed by atoms with Crippen LogP contribution in [0.2, 0.25) is 37.8 Å². The molecular weight excluding hydrogens is 438 g/mol. The first-order valence-corrected chi connectivity index (χ1v) is 17.6. The molecule has 2 aliphatic rings. The fourth-order valence-electron chi connectivity index (χ4n) is 3.76. The van der Waals surface area contributed by atoms with E-state index in [-0.39, 0.29) is 29.8 Å². The Hall–Kier alpha value is -1.59. The van der Waals surface area contributed by atoms with Crippen molar-refractivity contribution in [1.82, 2.24) is 5.06 Å². The van der Waals surface area contributed by atoms with E-state index in [0.29, 0.717) is 0 Å². The van der Waals surface area contributed by atoms with Gasteiger partial charge >= 0.3 is 0 Å². The normalized spacial score (nSPS) is 26.6. The zero-order valence-corrected chi connectivity index (χ0v) is 22.6. The Morgan fingerprint density at radius 2 is 1.66 bits per heavy atom. The van der Waals surface area contributed by atoms with E-state index in [1.165, 1.54) is 5.06 Å². The zero-order chi connectivity index (χ0) is 23.9. The summed E-state index contributed by atoms with van der Waals surface area (Å²) >= 11 is 0. The van der Waals surface area contributed by atoms with Gasteiger partial charge in [0.15, 0.2) is 22.4 Å². The van der Waals surface area contributed by atoms with E-state index in [1.807, 2.05) is 30.3 Å². The highest BCUT2D eigenvalue weighted by molar-refractivity contribution is 6.74. The fraction of sp³-hybridized carbons (Fsp3) is 0.583. The van der Waals surface area contributed by atoms with Crippen LogP contribution in [0.5, 0.6) is 0 Å². The van der Waals surface area contributed by atoms with Gasteiger partial charge in [-0.1, -0.05) is 51.1 Å². The second kappa shape index (κ2) is 8.64. The van der Waals surface area contributed by atoms with Crippen LogP contribution in [0.15, 0.2) is 42.5 Å². The molecule has 0 radical (unpaired) electrons. The van der Waals surface area contributed by atoms with Crippen molar-refractivity contribution in [3.05, 3.63) is 48.0 Å². The van der Waals surface area contributed by atoms with E-state index < -0.39 is 34.4 Å². The summed E-state index contributed by atoms with van der Waals surface area (Å²) in [5, 5.41) is 1.35. The molecule has 1 aromatic rings. The second-order valence-electron chi connectivity index (χ2n) is 11.3. The average Bonchev–Trinajstić information content (AvgIpc) is 2.65. The number of β-lactam (4-membered cyclic amide) rings is 1. The molecule has 1 heterocycles. The molecule has 8 heteroatoms. The molecule has 1 amide bonds. The van der Waals surface area contributed by atoms with Gasteiger partial charge in [0.1, 0.15) is 24.4 Å². The molecule has 32 heavy (non-hydrogen) atoms. The van der Waals surface area contributed by atoms with Crippen LogP contribution in [0.4, 0.5) is 0 Å². The number of amides is 1. The molecule has 176 valence electrons. The van der Waals surface area contributed by atoms with Crippen LogP contribution in [0, 0.1) is 0 Å². The van der Waals surface area contributed by atoms with Crippen LogP contribution >= 0.6 is 0 Å². The van der Waals surface area contributed by atoms with Gasteiger partial charge in [0.25, 0.3) is 0 Å². The molecule has 0 N–H and O–H groups in total. The molecule has 1 saturated heterocycles. The summed E-state index contributed by atoms with van der Waals surface area (Å²) in [6.45, 7) is 17.2. The number of carbonyl (C=O) groups is 2. The van der Waals surface area contributed by atoms with Crippen LogP contribution in [-0.4, -0.2) is 51.1 Å². The number of ketones is 1. The molecule has 0 aromatic heterocycles. The van der Waals surface area contributed by atoms with Gasteiger partial charge in [-0.25, -0.2) is 5.06 Å². The Morgan fingerprint density at radius 3 is 2.19 bits per heavy atom. The predicted octanol–water partition coefficient (Wildman–Crippen LogP) is 4.84. The molecule has 3 rings (SSSR count). The van der Waals surface area contributed by atoms with Crippen molar-refractivity contribution in [2.24, 2.45) is 0 Å². The van der Waals surface area contributed by atoms with Crippen LogP contribution in [0.1, 0.15) is 32.8 Å².